The molecule has 1 aromatic carbocycles. The number of unbranched alkanes of at least 4 members (excludes halogenated alkanes) is 1. The summed E-state index contributed by atoms with van der Waals surface area (Å²) in [7, 11) is 0. The van der Waals surface area contributed by atoms with Crippen LogP contribution in [0.3, 0.4) is 0 Å². The van der Waals surface area contributed by atoms with E-state index in [0.29, 0.717) is 31.6 Å². The highest BCUT2D eigenvalue weighted by Gasteiger charge is 2.33. The Hall–Kier alpha value is -3.16. The summed E-state index contributed by atoms with van der Waals surface area (Å²) in [5.74, 6) is 0.770. The number of hydrogen-bond donors (Lipinski definition) is 0. The summed E-state index contributed by atoms with van der Waals surface area (Å²) >= 11 is 0. The van der Waals surface area contributed by atoms with Crippen LogP contribution in [0.4, 0.5) is 13.2 Å². The first-order valence-corrected chi connectivity index (χ1v) is 11.8. The molecule has 34 heavy (non-hydrogen) atoms. The molecule has 0 atom stereocenters. The van der Waals surface area contributed by atoms with Crippen molar-refractivity contribution in [3.05, 3.63) is 83.2 Å². The number of nitrogens with zero attached hydrogens (tertiary/aromatic N) is 4. The largest absolute Gasteiger partial charge is 0.416 e. The Morgan fingerprint density at radius 2 is 1.85 bits per heavy atom. The van der Waals surface area contributed by atoms with E-state index in [1.54, 1.807) is 40.2 Å². The number of aryl methyl sites for hydroxylation is 1. The number of pyridine rings is 1. The van der Waals surface area contributed by atoms with E-state index in [4.69, 9.17) is 0 Å². The highest BCUT2D eigenvalue weighted by atomic mass is 19.4. The molecular formula is C26H29F3N4O. The molecule has 0 bridgehead atoms. The second kappa shape index (κ2) is 10.4. The fraction of sp³-hybridized carbons (Fsp3) is 0.423. The van der Waals surface area contributed by atoms with Crippen LogP contribution < -0.4 is 0 Å². The van der Waals surface area contributed by atoms with Crippen LogP contribution in [-0.2, 0) is 19.1 Å². The van der Waals surface area contributed by atoms with Gasteiger partial charge >= 0.3 is 6.18 Å². The summed E-state index contributed by atoms with van der Waals surface area (Å²) in [5.41, 5.74) is 1.18. The molecule has 1 fully saturated rings. The molecule has 1 amide bonds. The van der Waals surface area contributed by atoms with E-state index in [9.17, 15) is 18.0 Å². The van der Waals surface area contributed by atoms with Gasteiger partial charge in [0, 0.05) is 44.1 Å². The van der Waals surface area contributed by atoms with Crippen LogP contribution in [0.25, 0.3) is 0 Å². The highest BCUT2D eigenvalue weighted by Crippen LogP contribution is 2.33. The summed E-state index contributed by atoms with van der Waals surface area (Å²) in [6.07, 6.45) is 5.33. The van der Waals surface area contributed by atoms with Crippen molar-refractivity contribution in [3.8, 4) is 0 Å². The molecule has 2 aromatic heterocycles. The molecule has 3 heterocycles. The zero-order valence-corrected chi connectivity index (χ0v) is 19.3. The number of amides is 1. The molecule has 1 saturated heterocycles. The first-order chi connectivity index (χ1) is 16.4. The van der Waals surface area contributed by atoms with Crippen LogP contribution in [-0.4, -0.2) is 38.4 Å². The molecule has 5 nitrogen and oxygen atoms in total. The van der Waals surface area contributed by atoms with Gasteiger partial charge < -0.3 is 9.47 Å². The maximum absolute atomic E-state index is 13.4. The second-order valence-electron chi connectivity index (χ2n) is 8.79. The molecule has 0 spiro atoms. The Kier molecular flexibility index (Phi) is 7.34. The van der Waals surface area contributed by atoms with Crippen molar-refractivity contribution in [1.29, 1.82) is 0 Å². The average molecular weight is 471 g/mol. The van der Waals surface area contributed by atoms with Gasteiger partial charge in [0.15, 0.2) is 0 Å². The Balaban J connectivity index is 1.39. The minimum absolute atomic E-state index is 0.0806. The number of halogens is 3. The number of benzene rings is 1. The molecule has 1 aliphatic rings. The zero-order valence-electron chi connectivity index (χ0n) is 19.3. The number of likely N-dealkylation sites (tertiary alicyclic amines) is 1. The summed E-state index contributed by atoms with van der Waals surface area (Å²) in [6, 6.07) is 9.41. The minimum Gasteiger partial charge on any atom is -0.337 e. The lowest BCUT2D eigenvalue weighted by molar-refractivity contribution is -0.138. The predicted octanol–water partition coefficient (Wildman–Crippen LogP) is 5.71. The maximum atomic E-state index is 13.4. The third-order valence-corrected chi connectivity index (χ3v) is 6.42. The van der Waals surface area contributed by atoms with Crippen molar-refractivity contribution >= 4 is 5.91 Å². The standard InChI is InChI=1S/C26H29F3N4O/c1-2-3-6-19-9-10-23(31-17-19)25(34)32-14-11-20(12-15-32)24-30-13-16-33(24)18-21-7-4-5-8-22(21)26(27,28)29/h4-5,7-10,13,16-17,20H,2-3,6,11-12,14-15,18H2,1H3. The molecule has 0 saturated carbocycles. The number of piperidine rings is 1. The van der Waals surface area contributed by atoms with E-state index in [-0.39, 0.29) is 23.9 Å². The van der Waals surface area contributed by atoms with E-state index in [1.165, 1.54) is 12.1 Å². The van der Waals surface area contributed by atoms with Crippen LogP contribution in [0, 0.1) is 0 Å². The van der Waals surface area contributed by atoms with Crippen molar-refractivity contribution in [2.75, 3.05) is 13.1 Å². The zero-order chi connectivity index (χ0) is 24.1. The van der Waals surface area contributed by atoms with E-state index < -0.39 is 11.7 Å². The van der Waals surface area contributed by atoms with Crippen LogP contribution in [0.5, 0.6) is 0 Å². The van der Waals surface area contributed by atoms with Gasteiger partial charge in [0.25, 0.3) is 5.91 Å². The molecule has 3 aromatic rings. The van der Waals surface area contributed by atoms with Crippen LogP contribution in [0.2, 0.25) is 0 Å². The van der Waals surface area contributed by atoms with Crippen molar-refractivity contribution < 1.29 is 18.0 Å². The summed E-state index contributed by atoms with van der Waals surface area (Å²) in [4.78, 5) is 23.5. The van der Waals surface area contributed by atoms with Crippen molar-refractivity contribution in [1.82, 2.24) is 19.4 Å². The van der Waals surface area contributed by atoms with Crippen LogP contribution in [0.1, 0.15) is 71.5 Å². The second-order valence-corrected chi connectivity index (χ2v) is 8.79. The van der Waals surface area contributed by atoms with E-state index in [2.05, 4.69) is 16.9 Å². The quantitative estimate of drug-likeness (QED) is 0.445. The molecule has 4 rings (SSSR count). The summed E-state index contributed by atoms with van der Waals surface area (Å²) < 4.78 is 42.0. The Labute approximate surface area is 197 Å². The number of alkyl halides is 3. The van der Waals surface area contributed by atoms with E-state index in [0.717, 1.165) is 36.7 Å². The maximum Gasteiger partial charge on any atom is 0.416 e. The number of hydrogen-bond acceptors (Lipinski definition) is 3. The number of aromatic nitrogens is 3. The van der Waals surface area contributed by atoms with Gasteiger partial charge in [-0.05, 0) is 48.9 Å². The molecule has 180 valence electrons. The first-order valence-electron chi connectivity index (χ1n) is 11.8. The molecule has 0 aliphatic carbocycles. The smallest absolute Gasteiger partial charge is 0.337 e. The number of carbonyl (C=O) groups is 1. The van der Waals surface area contributed by atoms with Gasteiger partial charge in [-0.3, -0.25) is 9.78 Å². The topological polar surface area (TPSA) is 51.0 Å². The fourth-order valence-corrected chi connectivity index (χ4v) is 4.52. The van der Waals surface area contributed by atoms with Crippen molar-refractivity contribution in [2.45, 2.75) is 57.7 Å². The third kappa shape index (κ3) is 5.48. The van der Waals surface area contributed by atoms with Crippen molar-refractivity contribution in [2.24, 2.45) is 0 Å². The summed E-state index contributed by atoms with van der Waals surface area (Å²) in [5, 5.41) is 0. The van der Waals surface area contributed by atoms with E-state index >= 15 is 0 Å². The monoisotopic (exact) mass is 470 g/mol. The van der Waals surface area contributed by atoms with Gasteiger partial charge in [0.05, 0.1) is 5.56 Å². The Bertz CT molecular complexity index is 1100. The van der Waals surface area contributed by atoms with Gasteiger partial charge in [0.1, 0.15) is 11.5 Å². The lowest BCUT2D eigenvalue weighted by Gasteiger charge is -2.32. The molecule has 1 aliphatic heterocycles. The Morgan fingerprint density at radius 3 is 2.53 bits per heavy atom. The van der Waals surface area contributed by atoms with Gasteiger partial charge in [-0.2, -0.15) is 13.2 Å². The number of rotatable bonds is 7. The van der Waals surface area contributed by atoms with Crippen LogP contribution >= 0.6 is 0 Å². The molecule has 0 N–H and O–H groups in total. The summed E-state index contributed by atoms with van der Waals surface area (Å²) in [6.45, 7) is 3.38. The van der Waals surface area contributed by atoms with Gasteiger partial charge in [-0.25, -0.2) is 4.98 Å². The average Bonchev–Trinajstić information content (AvgIpc) is 3.30. The third-order valence-electron chi connectivity index (χ3n) is 6.42. The predicted molar refractivity (Wildman–Crippen MR) is 124 cm³/mol. The van der Waals surface area contributed by atoms with Gasteiger partial charge in [0.2, 0.25) is 0 Å². The Morgan fingerprint density at radius 1 is 1.09 bits per heavy atom. The molecule has 0 radical (unpaired) electrons. The van der Waals surface area contributed by atoms with Crippen molar-refractivity contribution in [3.63, 3.8) is 0 Å². The minimum atomic E-state index is -4.40. The first kappa shape index (κ1) is 24.0. The van der Waals surface area contributed by atoms with Gasteiger partial charge in [-0.15, -0.1) is 0 Å². The van der Waals surface area contributed by atoms with Gasteiger partial charge in [-0.1, -0.05) is 37.6 Å². The fourth-order valence-electron chi connectivity index (χ4n) is 4.52. The molecule has 0 unspecified atom stereocenters. The van der Waals surface area contributed by atoms with Crippen LogP contribution in [0.15, 0.2) is 55.0 Å². The lowest BCUT2D eigenvalue weighted by Crippen LogP contribution is -2.38. The molecule has 8 heteroatoms. The normalized spacial score (nSPS) is 15.0. The molecular weight excluding hydrogens is 441 g/mol. The SMILES string of the molecule is CCCCc1ccc(C(=O)N2CCC(c3nccn3Cc3ccccc3C(F)(F)F)CC2)nc1. The number of carbonyl (C=O) groups excluding carboxylic acids is 1. The highest BCUT2D eigenvalue weighted by molar-refractivity contribution is 5.92. The number of imidazole rings is 1. The van der Waals surface area contributed by atoms with E-state index in [1.807, 2.05) is 6.07 Å². The lowest BCUT2D eigenvalue weighted by atomic mass is 9.95.